The third-order valence-corrected chi connectivity index (χ3v) is 5.23. The second-order valence-electron chi connectivity index (χ2n) is 7.12. The molecule has 0 saturated carbocycles. The molecule has 23 heavy (non-hydrogen) atoms. The van der Waals surface area contributed by atoms with Crippen LogP contribution in [-0.4, -0.2) is 13.0 Å². The molecular formula is C19H26O3S. The average Bonchev–Trinajstić information content (AvgIpc) is 2.43. The molecule has 0 bridgehead atoms. The molecule has 0 unspecified atom stereocenters. The summed E-state index contributed by atoms with van der Waals surface area (Å²) in [7, 11) is -4.25. The lowest BCUT2D eigenvalue weighted by atomic mass is 9.87. The third kappa shape index (κ3) is 3.43. The molecule has 0 aliphatic carbocycles. The fourth-order valence-corrected chi connectivity index (χ4v) is 4.01. The SMILES string of the molecule is CC(C)c1ccc2c(C(C)C)c(S(=O)(=O)O)cc(C(C)C)c2c1. The van der Waals surface area contributed by atoms with Crippen LogP contribution in [0.5, 0.6) is 0 Å². The minimum absolute atomic E-state index is 0.000497. The van der Waals surface area contributed by atoms with Crippen molar-refractivity contribution in [1.82, 2.24) is 0 Å². The zero-order chi connectivity index (χ0) is 17.5. The van der Waals surface area contributed by atoms with Crippen LogP contribution in [0.25, 0.3) is 10.8 Å². The Morgan fingerprint density at radius 3 is 1.87 bits per heavy atom. The summed E-state index contributed by atoms with van der Waals surface area (Å²) in [6.45, 7) is 12.3. The van der Waals surface area contributed by atoms with E-state index in [4.69, 9.17) is 0 Å². The van der Waals surface area contributed by atoms with Gasteiger partial charge in [-0.3, -0.25) is 4.55 Å². The lowest BCUT2D eigenvalue weighted by Gasteiger charge is -2.20. The minimum Gasteiger partial charge on any atom is -0.282 e. The number of rotatable bonds is 4. The van der Waals surface area contributed by atoms with Crippen molar-refractivity contribution in [3.63, 3.8) is 0 Å². The van der Waals surface area contributed by atoms with Gasteiger partial charge in [0.25, 0.3) is 10.1 Å². The van der Waals surface area contributed by atoms with Gasteiger partial charge < -0.3 is 0 Å². The van der Waals surface area contributed by atoms with Crippen molar-refractivity contribution in [1.29, 1.82) is 0 Å². The van der Waals surface area contributed by atoms with Crippen molar-refractivity contribution in [3.05, 3.63) is 41.0 Å². The lowest BCUT2D eigenvalue weighted by molar-refractivity contribution is 0.481. The molecule has 0 radical (unpaired) electrons. The Balaban J connectivity index is 3.02. The first-order chi connectivity index (χ1) is 10.5. The van der Waals surface area contributed by atoms with Gasteiger partial charge in [0.1, 0.15) is 0 Å². The van der Waals surface area contributed by atoms with E-state index in [0.29, 0.717) is 11.5 Å². The van der Waals surface area contributed by atoms with Gasteiger partial charge in [-0.25, -0.2) is 0 Å². The first-order valence-corrected chi connectivity index (χ1v) is 9.56. The third-order valence-electron chi connectivity index (χ3n) is 4.34. The van der Waals surface area contributed by atoms with E-state index in [1.54, 1.807) is 6.07 Å². The summed E-state index contributed by atoms with van der Waals surface area (Å²) in [6, 6.07) is 7.87. The Kier molecular flexibility index (Phi) is 4.88. The van der Waals surface area contributed by atoms with E-state index >= 15 is 0 Å². The van der Waals surface area contributed by atoms with Crippen LogP contribution in [0.3, 0.4) is 0 Å². The normalized spacial score (nSPS) is 12.8. The molecule has 1 N–H and O–H groups in total. The highest BCUT2D eigenvalue weighted by atomic mass is 32.2. The maximum absolute atomic E-state index is 11.9. The molecule has 0 saturated heterocycles. The van der Waals surface area contributed by atoms with E-state index in [9.17, 15) is 13.0 Å². The van der Waals surface area contributed by atoms with Crippen molar-refractivity contribution in [2.24, 2.45) is 0 Å². The Morgan fingerprint density at radius 2 is 1.43 bits per heavy atom. The molecule has 2 aromatic carbocycles. The molecule has 2 aromatic rings. The largest absolute Gasteiger partial charge is 0.294 e. The Morgan fingerprint density at radius 1 is 0.826 bits per heavy atom. The maximum atomic E-state index is 11.9. The summed E-state index contributed by atoms with van der Waals surface area (Å²) in [5.41, 5.74) is 2.88. The molecule has 0 aliphatic heterocycles. The highest BCUT2D eigenvalue weighted by Gasteiger charge is 2.23. The van der Waals surface area contributed by atoms with Crippen LogP contribution >= 0.6 is 0 Å². The van der Waals surface area contributed by atoms with Gasteiger partial charge in [0.2, 0.25) is 0 Å². The summed E-state index contributed by atoms with van der Waals surface area (Å²) in [5, 5.41) is 2.01. The topological polar surface area (TPSA) is 54.4 Å². The molecule has 0 amide bonds. The van der Waals surface area contributed by atoms with Gasteiger partial charge in [0, 0.05) is 0 Å². The molecule has 0 aromatic heterocycles. The van der Waals surface area contributed by atoms with Crippen LogP contribution in [0.2, 0.25) is 0 Å². The van der Waals surface area contributed by atoms with Crippen LogP contribution in [0, 0.1) is 0 Å². The summed E-state index contributed by atoms with van der Waals surface area (Å²) >= 11 is 0. The van der Waals surface area contributed by atoms with Gasteiger partial charge in [-0.05, 0) is 51.3 Å². The van der Waals surface area contributed by atoms with E-state index in [2.05, 4.69) is 26.0 Å². The summed E-state index contributed by atoms with van der Waals surface area (Å²) in [6.07, 6.45) is 0. The Hall–Kier alpha value is -1.39. The highest BCUT2D eigenvalue weighted by Crippen LogP contribution is 2.38. The van der Waals surface area contributed by atoms with Gasteiger partial charge in [0.05, 0.1) is 4.90 Å². The van der Waals surface area contributed by atoms with Crippen LogP contribution in [-0.2, 0) is 10.1 Å². The van der Waals surface area contributed by atoms with E-state index in [-0.39, 0.29) is 16.7 Å². The Labute approximate surface area is 139 Å². The van der Waals surface area contributed by atoms with Gasteiger partial charge in [-0.1, -0.05) is 59.7 Å². The lowest BCUT2D eigenvalue weighted by Crippen LogP contribution is -2.08. The second-order valence-corrected chi connectivity index (χ2v) is 8.51. The standard InChI is InChI=1S/C19H26O3S/c1-11(2)14-7-8-15-17(9-14)16(12(3)4)10-18(23(20,21)22)19(15)13(5)6/h7-13H,1-6H3,(H,20,21,22). The first kappa shape index (κ1) is 18.0. The molecule has 0 fully saturated rings. The monoisotopic (exact) mass is 334 g/mol. The first-order valence-electron chi connectivity index (χ1n) is 8.12. The minimum atomic E-state index is -4.25. The van der Waals surface area contributed by atoms with Crippen LogP contribution < -0.4 is 0 Å². The van der Waals surface area contributed by atoms with E-state index in [1.807, 2.05) is 33.8 Å². The predicted molar refractivity (Wildman–Crippen MR) is 96.0 cm³/mol. The quantitative estimate of drug-likeness (QED) is 0.756. The zero-order valence-corrected chi connectivity index (χ0v) is 15.5. The van der Waals surface area contributed by atoms with Gasteiger partial charge in [-0.2, -0.15) is 8.42 Å². The molecular weight excluding hydrogens is 308 g/mol. The zero-order valence-electron chi connectivity index (χ0n) is 14.7. The van der Waals surface area contributed by atoms with E-state index in [0.717, 1.165) is 16.3 Å². The summed E-state index contributed by atoms with van der Waals surface area (Å²) < 4.78 is 33.5. The van der Waals surface area contributed by atoms with Crippen LogP contribution in [0.4, 0.5) is 0 Å². The number of hydrogen-bond acceptors (Lipinski definition) is 2. The average molecular weight is 334 g/mol. The van der Waals surface area contributed by atoms with Crippen molar-refractivity contribution in [2.75, 3.05) is 0 Å². The summed E-state index contributed by atoms with van der Waals surface area (Å²) in [5.74, 6) is 0.574. The Bertz CT molecular complexity index is 831. The second kappa shape index (κ2) is 6.25. The van der Waals surface area contributed by atoms with Gasteiger partial charge in [-0.15, -0.1) is 0 Å². The summed E-state index contributed by atoms with van der Waals surface area (Å²) in [4.78, 5) is 0.0426. The van der Waals surface area contributed by atoms with Crippen molar-refractivity contribution in [2.45, 2.75) is 64.2 Å². The van der Waals surface area contributed by atoms with E-state index in [1.165, 1.54) is 5.56 Å². The molecule has 0 spiro atoms. The molecule has 126 valence electrons. The smallest absolute Gasteiger partial charge is 0.282 e. The van der Waals surface area contributed by atoms with E-state index < -0.39 is 10.1 Å². The number of fused-ring (bicyclic) bond motifs is 1. The van der Waals surface area contributed by atoms with Crippen molar-refractivity contribution < 1.29 is 13.0 Å². The fraction of sp³-hybridized carbons (Fsp3) is 0.474. The fourth-order valence-electron chi connectivity index (χ4n) is 3.11. The molecule has 2 rings (SSSR count). The predicted octanol–water partition coefficient (Wildman–Crippen LogP) is 5.46. The molecule has 0 atom stereocenters. The van der Waals surface area contributed by atoms with Crippen molar-refractivity contribution >= 4 is 20.9 Å². The van der Waals surface area contributed by atoms with Crippen molar-refractivity contribution in [3.8, 4) is 0 Å². The van der Waals surface area contributed by atoms with Gasteiger partial charge in [0.15, 0.2) is 0 Å². The van der Waals surface area contributed by atoms with Crippen LogP contribution in [0.1, 0.15) is 76.0 Å². The molecule has 4 heteroatoms. The highest BCUT2D eigenvalue weighted by molar-refractivity contribution is 7.85. The van der Waals surface area contributed by atoms with Crippen LogP contribution in [0.15, 0.2) is 29.2 Å². The molecule has 0 aliphatic rings. The maximum Gasteiger partial charge on any atom is 0.294 e. The molecule has 0 heterocycles. The van der Waals surface area contributed by atoms with Gasteiger partial charge >= 0.3 is 0 Å². The molecule has 3 nitrogen and oxygen atoms in total. The number of hydrogen-bond donors (Lipinski definition) is 1. The number of benzene rings is 2.